The van der Waals surface area contributed by atoms with Gasteiger partial charge in [0.25, 0.3) is 0 Å². The van der Waals surface area contributed by atoms with Gasteiger partial charge in [-0.25, -0.2) is 9.18 Å². The molecule has 1 aromatic carbocycles. The Morgan fingerprint density at radius 1 is 1.39 bits per heavy atom. The number of rotatable bonds is 2. The average Bonchev–Trinajstić information content (AvgIpc) is 2.95. The van der Waals surface area contributed by atoms with Crippen molar-refractivity contribution in [1.82, 2.24) is 5.32 Å². The molecule has 0 aliphatic heterocycles. The number of halogens is 1. The maximum atomic E-state index is 13.2. The van der Waals surface area contributed by atoms with Gasteiger partial charge in [0, 0.05) is 0 Å². The van der Waals surface area contributed by atoms with E-state index in [2.05, 4.69) is 5.32 Å². The highest BCUT2D eigenvalue weighted by Crippen LogP contribution is 2.45. The number of ether oxygens (including phenoxy) is 1. The minimum Gasteiger partial charge on any atom is -0.444 e. The second-order valence-electron chi connectivity index (χ2n) is 5.72. The van der Waals surface area contributed by atoms with Crippen LogP contribution in [-0.2, 0) is 10.3 Å². The standard InChI is InChI=1S/C14H18FNO2/c1-13(2,3)18-12(17)16-14(7-8-14)10-5-4-6-11(15)9-10/h4-6,9H,7-8H2,1-3H3,(H,16,17). The average molecular weight is 251 g/mol. The number of carbonyl (C=O) groups is 1. The maximum Gasteiger partial charge on any atom is 0.408 e. The summed E-state index contributed by atoms with van der Waals surface area (Å²) in [5.74, 6) is -0.287. The summed E-state index contributed by atoms with van der Waals surface area (Å²) in [6.45, 7) is 5.44. The molecule has 1 N–H and O–H groups in total. The lowest BCUT2D eigenvalue weighted by Crippen LogP contribution is -2.39. The third-order valence-corrected chi connectivity index (χ3v) is 2.87. The molecule has 0 bridgehead atoms. The van der Waals surface area contributed by atoms with Crippen LogP contribution in [0.2, 0.25) is 0 Å². The molecule has 1 aliphatic rings. The third kappa shape index (κ3) is 3.00. The SMILES string of the molecule is CC(C)(C)OC(=O)NC1(c2cccc(F)c2)CC1. The van der Waals surface area contributed by atoms with Crippen LogP contribution in [0.4, 0.5) is 9.18 Å². The molecule has 1 aliphatic carbocycles. The molecular formula is C14H18FNO2. The molecule has 0 saturated heterocycles. The predicted octanol–water partition coefficient (Wildman–Crippen LogP) is 3.34. The smallest absolute Gasteiger partial charge is 0.408 e. The Balaban J connectivity index is 2.07. The lowest BCUT2D eigenvalue weighted by molar-refractivity contribution is 0.0495. The van der Waals surface area contributed by atoms with Crippen LogP contribution in [0.15, 0.2) is 24.3 Å². The van der Waals surface area contributed by atoms with Crippen molar-refractivity contribution < 1.29 is 13.9 Å². The Kier molecular flexibility index (Phi) is 3.05. The molecule has 3 nitrogen and oxygen atoms in total. The van der Waals surface area contributed by atoms with E-state index in [1.165, 1.54) is 12.1 Å². The highest BCUT2D eigenvalue weighted by atomic mass is 19.1. The summed E-state index contributed by atoms with van der Waals surface area (Å²) in [4.78, 5) is 11.7. The Morgan fingerprint density at radius 3 is 2.56 bits per heavy atom. The van der Waals surface area contributed by atoms with Gasteiger partial charge in [0.15, 0.2) is 0 Å². The summed E-state index contributed by atoms with van der Waals surface area (Å²) in [6, 6.07) is 6.34. The van der Waals surface area contributed by atoms with Crippen LogP contribution in [0.5, 0.6) is 0 Å². The van der Waals surface area contributed by atoms with E-state index in [4.69, 9.17) is 4.74 Å². The number of nitrogens with one attached hydrogen (secondary N) is 1. The monoisotopic (exact) mass is 251 g/mol. The van der Waals surface area contributed by atoms with Gasteiger partial charge in [-0.05, 0) is 51.3 Å². The summed E-state index contributed by atoms with van der Waals surface area (Å²) in [7, 11) is 0. The van der Waals surface area contributed by atoms with Crippen LogP contribution in [0.1, 0.15) is 39.2 Å². The molecular weight excluding hydrogens is 233 g/mol. The number of hydrogen-bond donors (Lipinski definition) is 1. The van der Waals surface area contributed by atoms with Crippen LogP contribution >= 0.6 is 0 Å². The normalized spacial score (nSPS) is 17.1. The first-order valence-corrected chi connectivity index (χ1v) is 6.08. The molecule has 1 aromatic rings. The number of benzene rings is 1. The number of hydrogen-bond acceptors (Lipinski definition) is 2. The fraction of sp³-hybridized carbons (Fsp3) is 0.500. The van der Waals surface area contributed by atoms with Crippen LogP contribution in [-0.4, -0.2) is 11.7 Å². The molecule has 0 unspecified atom stereocenters. The Bertz CT molecular complexity index is 461. The van der Waals surface area contributed by atoms with Crippen molar-refractivity contribution in [2.24, 2.45) is 0 Å². The molecule has 2 rings (SSSR count). The number of carbonyl (C=O) groups excluding carboxylic acids is 1. The summed E-state index contributed by atoms with van der Waals surface area (Å²) < 4.78 is 18.4. The van der Waals surface area contributed by atoms with Crippen molar-refractivity contribution in [3.05, 3.63) is 35.6 Å². The van der Waals surface area contributed by atoms with Gasteiger partial charge in [0.2, 0.25) is 0 Å². The van der Waals surface area contributed by atoms with Crippen LogP contribution in [0.25, 0.3) is 0 Å². The second-order valence-corrected chi connectivity index (χ2v) is 5.72. The van der Waals surface area contributed by atoms with Crippen molar-refractivity contribution in [3.63, 3.8) is 0 Å². The van der Waals surface area contributed by atoms with Crippen LogP contribution < -0.4 is 5.32 Å². The summed E-state index contributed by atoms with van der Waals surface area (Å²) in [5, 5.41) is 2.84. The molecule has 18 heavy (non-hydrogen) atoms. The first-order valence-electron chi connectivity index (χ1n) is 6.08. The van der Waals surface area contributed by atoms with E-state index in [0.717, 1.165) is 18.4 Å². The van der Waals surface area contributed by atoms with Crippen LogP contribution in [0.3, 0.4) is 0 Å². The highest BCUT2D eigenvalue weighted by molar-refractivity contribution is 5.70. The lowest BCUT2D eigenvalue weighted by Gasteiger charge is -2.23. The molecule has 1 saturated carbocycles. The predicted molar refractivity (Wildman–Crippen MR) is 66.7 cm³/mol. The third-order valence-electron chi connectivity index (χ3n) is 2.87. The van der Waals surface area contributed by atoms with E-state index in [9.17, 15) is 9.18 Å². The summed E-state index contributed by atoms with van der Waals surface area (Å²) >= 11 is 0. The van der Waals surface area contributed by atoms with Gasteiger partial charge in [0.05, 0.1) is 5.54 Å². The number of amides is 1. The second kappa shape index (κ2) is 4.26. The van der Waals surface area contributed by atoms with Crippen LogP contribution in [0, 0.1) is 5.82 Å². The minimum atomic E-state index is -0.526. The van der Waals surface area contributed by atoms with E-state index in [1.807, 2.05) is 26.8 Å². The fourth-order valence-corrected chi connectivity index (χ4v) is 1.90. The van der Waals surface area contributed by atoms with E-state index < -0.39 is 17.2 Å². The first-order chi connectivity index (χ1) is 8.31. The maximum absolute atomic E-state index is 13.2. The topological polar surface area (TPSA) is 38.3 Å². The van der Waals surface area contributed by atoms with Gasteiger partial charge >= 0.3 is 6.09 Å². The zero-order valence-corrected chi connectivity index (χ0v) is 10.9. The summed E-state index contributed by atoms with van der Waals surface area (Å²) in [6.07, 6.45) is 1.18. The molecule has 98 valence electrons. The van der Waals surface area contributed by atoms with Gasteiger partial charge in [-0.2, -0.15) is 0 Å². The lowest BCUT2D eigenvalue weighted by atomic mass is 10.1. The van der Waals surface area contributed by atoms with E-state index >= 15 is 0 Å². The van der Waals surface area contributed by atoms with Gasteiger partial charge < -0.3 is 10.1 Å². The first kappa shape index (κ1) is 12.9. The molecule has 0 aromatic heterocycles. The minimum absolute atomic E-state index is 0.287. The Hall–Kier alpha value is -1.58. The zero-order chi connectivity index (χ0) is 13.4. The fourth-order valence-electron chi connectivity index (χ4n) is 1.90. The van der Waals surface area contributed by atoms with E-state index in [1.54, 1.807) is 6.07 Å². The van der Waals surface area contributed by atoms with Gasteiger partial charge in [-0.15, -0.1) is 0 Å². The Morgan fingerprint density at radius 2 is 2.06 bits per heavy atom. The molecule has 1 fully saturated rings. The zero-order valence-electron chi connectivity index (χ0n) is 10.9. The molecule has 0 atom stereocenters. The van der Waals surface area contributed by atoms with Crippen molar-refractivity contribution in [2.45, 2.75) is 44.8 Å². The van der Waals surface area contributed by atoms with Gasteiger partial charge in [-0.3, -0.25) is 0 Å². The van der Waals surface area contributed by atoms with E-state index in [-0.39, 0.29) is 5.82 Å². The number of alkyl carbamates (subject to hydrolysis) is 1. The van der Waals surface area contributed by atoms with Crippen molar-refractivity contribution >= 4 is 6.09 Å². The van der Waals surface area contributed by atoms with Gasteiger partial charge in [0.1, 0.15) is 11.4 Å². The molecule has 4 heteroatoms. The van der Waals surface area contributed by atoms with Gasteiger partial charge in [-0.1, -0.05) is 12.1 Å². The largest absolute Gasteiger partial charge is 0.444 e. The highest BCUT2D eigenvalue weighted by Gasteiger charge is 2.46. The Labute approximate surface area is 106 Å². The van der Waals surface area contributed by atoms with Crippen molar-refractivity contribution in [1.29, 1.82) is 0 Å². The molecule has 0 spiro atoms. The molecule has 1 amide bonds. The van der Waals surface area contributed by atoms with Crippen molar-refractivity contribution in [3.8, 4) is 0 Å². The quantitative estimate of drug-likeness (QED) is 0.875. The van der Waals surface area contributed by atoms with E-state index in [0.29, 0.717) is 0 Å². The summed E-state index contributed by atoms with van der Waals surface area (Å²) in [5.41, 5.74) is -0.166. The molecule has 0 radical (unpaired) electrons. The van der Waals surface area contributed by atoms with Crippen molar-refractivity contribution in [2.75, 3.05) is 0 Å². The molecule has 0 heterocycles.